The predicted molar refractivity (Wildman–Crippen MR) is 87.1 cm³/mol. The molecule has 0 aromatic carbocycles. The van der Waals surface area contributed by atoms with Gasteiger partial charge in [0.05, 0.1) is 12.2 Å². The summed E-state index contributed by atoms with van der Waals surface area (Å²) in [4.78, 5) is 19.0. The van der Waals surface area contributed by atoms with Crippen LogP contribution in [-0.4, -0.2) is 26.4 Å². The van der Waals surface area contributed by atoms with Crippen LogP contribution in [0.5, 0.6) is 0 Å². The van der Waals surface area contributed by atoms with Gasteiger partial charge in [-0.1, -0.05) is 6.07 Å². The van der Waals surface area contributed by atoms with Gasteiger partial charge in [-0.25, -0.2) is 0 Å². The van der Waals surface area contributed by atoms with E-state index in [0.29, 0.717) is 12.2 Å². The van der Waals surface area contributed by atoms with Gasteiger partial charge in [0, 0.05) is 29.5 Å². The van der Waals surface area contributed by atoms with E-state index in [1.165, 1.54) is 0 Å². The topological polar surface area (TPSA) is 38.1 Å². The number of pyridine rings is 1. The molecular formula is C16H20BrN3O. The fraction of sp³-hybridized carbons (Fsp3) is 0.375. The Hall–Kier alpha value is -1.62. The summed E-state index contributed by atoms with van der Waals surface area (Å²) in [5.41, 5.74) is 1.60. The van der Waals surface area contributed by atoms with E-state index in [0.717, 1.165) is 16.7 Å². The van der Waals surface area contributed by atoms with Gasteiger partial charge in [0.25, 0.3) is 5.91 Å². The van der Waals surface area contributed by atoms with Crippen LogP contribution in [-0.2, 0) is 13.1 Å². The van der Waals surface area contributed by atoms with Crippen LogP contribution in [0.3, 0.4) is 0 Å². The molecule has 2 heterocycles. The van der Waals surface area contributed by atoms with Crippen molar-refractivity contribution in [3.05, 3.63) is 52.5 Å². The summed E-state index contributed by atoms with van der Waals surface area (Å²) in [5.74, 6) is 0.0307. The van der Waals surface area contributed by atoms with Gasteiger partial charge in [0.15, 0.2) is 0 Å². The van der Waals surface area contributed by atoms with Crippen LogP contribution in [0, 0.1) is 0 Å². The third-order valence-corrected chi connectivity index (χ3v) is 3.80. The molecule has 0 fully saturated rings. The van der Waals surface area contributed by atoms with Gasteiger partial charge < -0.3 is 9.47 Å². The fourth-order valence-electron chi connectivity index (χ4n) is 2.22. The SMILES string of the molecule is CCn1cc(Br)cc1C(=O)N(Cc1ccccn1)C(C)C. The molecular weight excluding hydrogens is 330 g/mol. The largest absolute Gasteiger partial charge is 0.343 e. The van der Waals surface area contributed by atoms with Crippen LogP contribution in [0.2, 0.25) is 0 Å². The number of carbonyl (C=O) groups is 1. The van der Waals surface area contributed by atoms with Gasteiger partial charge in [-0.3, -0.25) is 9.78 Å². The maximum Gasteiger partial charge on any atom is 0.271 e. The van der Waals surface area contributed by atoms with E-state index in [9.17, 15) is 4.79 Å². The average Bonchev–Trinajstić information content (AvgIpc) is 2.86. The van der Waals surface area contributed by atoms with Crippen molar-refractivity contribution in [3.8, 4) is 0 Å². The molecule has 0 aliphatic carbocycles. The zero-order valence-electron chi connectivity index (χ0n) is 12.6. The van der Waals surface area contributed by atoms with Gasteiger partial charge in [-0.15, -0.1) is 0 Å². The molecule has 0 radical (unpaired) electrons. The van der Waals surface area contributed by atoms with Crippen molar-refractivity contribution in [1.82, 2.24) is 14.5 Å². The van der Waals surface area contributed by atoms with Crippen LogP contribution < -0.4 is 0 Å². The van der Waals surface area contributed by atoms with E-state index in [1.807, 2.05) is 60.7 Å². The van der Waals surface area contributed by atoms with Crippen LogP contribution >= 0.6 is 15.9 Å². The van der Waals surface area contributed by atoms with Gasteiger partial charge in [0.1, 0.15) is 5.69 Å². The van der Waals surface area contributed by atoms with E-state index in [1.54, 1.807) is 6.20 Å². The van der Waals surface area contributed by atoms with Crippen LogP contribution in [0.25, 0.3) is 0 Å². The maximum atomic E-state index is 12.8. The molecule has 2 aromatic heterocycles. The molecule has 0 spiro atoms. The lowest BCUT2D eigenvalue weighted by Gasteiger charge is -2.26. The molecule has 0 saturated heterocycles. The third-order valence-electron chi connectivity index (χ3n) is 3.37. The van der Waals surface area contributed by atoms with E-state index < -0.39 is 0 Å². The quantitative estimate of drug-likeness (QED) is 0.824. The summed E-state index contributed by atoms with van der Waals surface area (Å²) in [6, 6.07) is 7.75. The lowest BCUT2D eigenvalue weighted by Crippen LogP contribution is -2.37. The van der Waals surface area contributed by atoms with Gasteiger partial charge in [0.2, 0.25) is 0 Å². The molecule has 4 nitrogen and oxygen atoms in total. The van der Waals surface area contributed by atoms with Gasteiger partial charge in [-0.05, 0) is 54.9 Å². The van der Waals surface area contributed by atoms with Gasteiger partial charge >= 0.3 is 0 Å². The Balaban J connectivity index is 2.27. The van der Waals surface area contributed by atoms with Crippen molar-refractivity contribution in [2.24, 2.45) is 0 Å². The smallest absolute Gasteiger partial charge is 0.271 e. The maximum absolute atomic E-state index is 12.8. The minimum Gasteiger partial charge on any atom is -0.343 e. The number of hydrogen-bond acceptors (Lipinski definition) is 2. The number of halogens is 1. The van der Waals surface area contributed by atoms with Crippen LogP contribution in [0.15, 0.2) is 41.1 Å². The monoisotopic (exact) mass is 349 g/mol. The van der Waals surface area contributed by atoms with E-state index >= 15 is 0 Å². The summed E-state index contributed by atoms with van der Waals surface area (Å²) in [7, 11) is 0. The Kier molecular flexibility index (Phi) is 5.17. The first-order valence-electron chi connectivity index (χ1n) is 7.09. The summed E-state index contributed by atoms with van der Waals surface area (Å²) < 4.78 is 2.88. The number of hydrogen-bond donors (Lipinski definition) is 0. The minimum atomic E-state index is 0.0307. The van der Waals surface area contributed by atoms with E-state index in [-0.39, 0.29) is 11.9 Å². The van der Waals surface area contributed by atoms with E-state index in [2.05, 4.69) is 20.9 Å². The highest BCUT2D eigenvalue weighted by Gasteiger charge is 2.22. The molecule has 0 unspecified atom stereocenters. The second kappa shape index (κ2) is 6.89. The Morgan fingerprint density at radius 2 is 2.19 bits per heavy atom. The second-order valence-corrected chi connectivity index (χ2v) is 6.09. The van der Waals surface area contributed by atoms with Crippen LogP contribution in [0.4, 0.5) is 0 Å². The van der Waals surface area contributed by atoms with Crippen molar-refractivity contribution in [1.29, 1.82) is 0 Å². The molecule has 21 heavy (non-hydrogen) atoms. The molecule has 2 aromatic rings. The molecule has 0 atom stereocenters. The highest BCUT2D eigenvalue weighted by molar-refractivity contribution is 9.10. The Morgan fingerprint density at radius 1 is 1.43 bits per heavy atom. The molecule has 112 valence electrons. The first-order valence-corrected chi connectivity index (χ1v) is 7.88. The minimum absolute atomic E-state index is 0.0307. The lowest BCUT2D eigenvalue weighted by atomic mass is 10.2. The number of rotatable bonds is 5. The first-order chi connectivity index (χ1) is 10.0. The number of amides is 1. The number of aromatic nitrogens is 2. The highest BCUT2D eigenvalue weighted by Crippen LogP contribution is 2.19. The standard InChI is InChI=1S/C16H20BrN3O/c1-4-19-10-13(17)9-15(19)16(21)20(12(2)3)11-14-7-5-6-8-18-14/h5-10,12H,4,11H2,1-3H3. The molecule has 1 amide bonds. The Labute approximate surface area is 133 Å². The Morgan fingerprint density at radius 3 is 2.76 bits per heavy atom. The lowest BCUT2D eigenvalue weighted by molar-refractivity contribution is 0.0676. The normalized spacial score (nSPS) is 10.9. The highest BCUT2D eigenvalue weighted by atomic mass is 79.9. The van der Waals surface area contributed by atoms with Crippen molar-refractivity contribution in [2.75, 3.05) is 0 Å². The van der Waals surface area contributed by atoms with Crippen molar-refractivity contribution >= 4 is 21.8 Å². The molecule has 5 heteroatoms. The molecule has 0 aliphatic heterocycles. The molecule has 0 saturated carbocycles. The summed E-state index contributed by atoms with van der Waals surface area (Å²) in [5, 5.41) is 0. The Bertz CT molecular complexity index is 607. The first kappa shape index (κ1) is 15.8. The molecule has 0 aliphatic rings. The zero-order chi connectivity index (χ0) is 15.4. The van der Waals surface area contributed by atoms with Crippen molar-refractivity contribution in [2.45, 2.75) is 39.9 Å². The fourth-order valence-corrected chi connectivity index (χ4v) is 2.68. The van der Waals surface area contributed by atoms with Gasteiger partial charge in [-0.2, -0.15) is 0 Å². The van der Waals surface area contributed by atoms with Crippen LogP contribution in [0.1, 0.15) is 37.0 Å². The van der Waals surface area contributed by atoms with Crippen molar-refractivity contribution in [3.63, 3.8) is 0 Å². The van der Waals surface area contributed by atoms with E-state index in [4.69, 9.17) is 0 Å². The second-order valence-electron chi connectivity index (χ2n) is 5.18. The number of nitrogens with zero attached hydrogens (tertiary/aromatic N) is 3. The number of carbonyl (C=O) groups excluding carboxylic acids is 1. The summed E-state index contributed by atoms with van der Waals surface area (Å²) >= 11 is 3.44. The summed E-state index contributed by atoms with van der Waals surface area (Å²) in [6.07, 6.45) is 3.69. The third kappa shape index (κ3) is 3.73. The molecule has 2 rings (SSSR count). The molecule has 0 bridgehead atoms. The summed E-state index contributed by atoms with van der Waals surface area (Å²) in [6.45, 7) is 7.36. The molecule has 0 N–H and O–H groups in total. The predicted octanol–water partition coefficient (Wildman–Crippen LogP) is 3.72. The average molecular weight is 350 g/mol. The zero-order valence-corrected chi connectivity index (χ0v) is 14.2. The number of aryl methyl sites for hydroxylation is 1. The van der Waals surface area contributed by atoms with Crippen molar-refractivity contribution < 1.29 is 4.79 Å².